The Bertz CT molecular complexity index is 115. The minimum Gasteiger partial charge on any atom is -0.393 e. The first-order chi connectivity index (χ1) is 5.20. The van der Waals surface area contributed by atoms with E-state index in [9.17, 15) is 4.79 Å². The Hall–Kier alpha value is -0.570. The number of carbonyl (C=O) groups is 1. The van der Waals surface area contributed by atoms with Gasteiger partial charge in [0, 0.05) is 6.54 Å². The highest BCUT2D eigenvalue weighted by Gasteiger charge is 2.06. The molecule has 0 fully saturated rings. The Morgan fingerprint density at radius 2 is 2.18 bits per heavy atom. The number of hydrogen-bond acceptors (Lipinski definition) is 2. The van der Waals surface area contributed by atoms with Crippen LogP contribution in [-0.4, -0.2) is 23.7 Å². The van der Waals surface area contributed by atoms with Gasteiger partial charge >= 0.3 is 0 Å². The van der Waals surface area contributed by atoms with Crippen LogP contribution in [0.2, 0.25) is 0 Å². The molecule has 0 aliphatic heterocycles. The van der Waals surface area contributed by atoms with Crippen molar-refractivity contribution >= 4 is 5.91 Å². The summed E-state index contributed by atoms with van der Waals surface area (Å²) in [6.07, 6.45) is 1.33. The van der Waals surface area contributed by atoms with Crippen LogP contribution in [0.25, 0.3) is 0 Å². The highest BCUT2D eigenvalue weighted by Crippen LogP contribution is 1.95. The standard InChI is InChI=1S/C8H17NO2/c1-3-5-9-8(11)6-7(10)4-2/h7,10H,3-6H2,1-2H3,(H,9,11). The van der Waals surface area contributed by atoms with Gasteiger partial charge in [0.1, 0.15) is 0 Å². The number of hydrogen-bond donors (Lipinski definition) is 2. The van der Waals surface area contributed by atoms with Crippen LogP contribution in [0.4, 0.5) is 0 Å². The van der Waals surface area contributed by atoms with Crippen molar-refractivity contribution in [2.24, 2.45) is 0 Å². The first-order valence-corrected chi connectivity index (χ1v) is 4.15. The third-order valence-corrected chi connectivity index (χ3v) is 1.46. The summed E-state index contributed by atoms with van der Waals surface area (Å²) in [6.45, 7) is 4.56. The Morgan fingerprint density at radius 1 is 1.55 bits per heavy atom. The summed E-state index contributed by atoms with van der Waals surface area (Å²) in [5.41, 5.74) is 0. The second kappa shape index (κ2) is 6.16. The normalized spacial score (nSPS) is 12.6. The molecule has 0 aliphatic carbocycles. The van der Waals surface area contributed by atoms with E-state index in [2.05, 4.69) is 5.32 Å². The molecule has 11 heavy (non-hydrogen) atoms. The van der Waals surface area contributed by atoms with Crippen LogP contribution in [0.15, 0.2) is 0 Å². The SMILES string of the molecule is CCCNC(=O)CC(O)CC. The summed E-state index contributed by atoms with van der Waals surface area (Å²) in [6, 6.07) is 0. The largest absolute Gasteiger partial charge is 0.393 e. The summed E-state index contributed by atoms with van der Waals surface area (Å²) >= 11 is 0. The van der Waals surface area contributed by atoms with E-state index >= 15 is 0 Å². The molecule has 66 valence electrons. The van der Waals surface area contributed by atoms with Crippen molar-refractivity contribution < 1.29 is 9.90 Å². The molecule has 0 heterocycles. The van der Waals surface area contributed by atoms with Crippen molar-refractivity contribution in [1.82, 2.24) is 5.32 Å². The van der Waals surface area contributed by atoms with Crippen LogP contribution in [0, 0.1) is 0 Å². The van der Waals surface area contributed by atoms with Gasteiger partial charge in [-0.2, -0.15) is 0 Å². The van der Waals surface area contributed by atoms with Crippen molar-refractivity contribution in [2.75, 3.05) is 6.54 Å². The highest BCUT2D eigenvalue weighted by atomic mass is 16.3. The summed E-state index contributed by atoms with van der Waals surface area (Å²) in [5, 5.41) is 11.8. The molecule has 0 saturated carbocycles. The number of nitrogens with one attached hydrogen (secondary N) is 1. The molecule has 0 aliphatic rings. The molecule has 0 aromatic heterocycles. The Kier molecular flexibility index (Phi) is 5.84. The van der Waals surface area contributed by atoms with E-state index in [4.69, 9.17) is 5.11 Å². The van der Waals surface area contributed by atoms with Crippen molar-refractivity contribution in [3.8, 4) is 0 Å². The van der Waals surface area contributed by atoms with E-state index < -0.39 is 6.10 Å². The van der Waals surface area contributed by atoms with Crippen LogP contribution >= 0.6 is 0 Å². The number of aliphatic hydroxyl groups is 1. The van der Waals surface area contributed by atoms with E-state index in [0.717, 1.165) is 6.42 Å². The van der Waals surface area contributed by atoms with Crippen LogP contribution in [-0.2, 0) is 4.79 Å². The zero-order valence-electron chi connectivity index (χ0n) is 7.26. The second-order valence-corrected chi connectivity index (χ2v) is 2.62. The van der Waals surface area contributed by atoms with E-state index in [1.54, 1.807) is 0 Å². The fraction of sp³-hybridized carbons (Fsp3) is 0.875. The van der Waals surface area contributed by atoms with Gasteiger partial charge in [-0.05, 0) is 12.8 Å². The smallest absolute Gasteiger partial charge is 0.222 e. The molecule has 0 aromatic rings. The molecular weight excluding hydrogens is 142 g/mol. The van der Waals surface area contributed by atoms with Crippen LogP contribution in [0.3, 0.4) is 0 Å². The summed E-state index contributed by atoms with van der Waals surface area (Å²) in [4.78, 5) is 10.9. The lowest BCUT2D eigenvalue weighted by molar-refractivity contribution is -0.123. The van der Waals surface area contributed by atoms with Crippen LogP contribution in [0.5, 0.6) is 0 Å². The van der Waals surface area contributed by atoms with E-state index in [-0.39, 0.29) is 12.3 Å². The zero-order valence-corrected chi connectivity index (χ0v) is 7.26. The van der Waals surface area contributed by atoms with Gasteiger partial charge in [0.05, 0.1) is 12.5 Å². The molecule has 0 saturated heterocycles. The van der Waals surface area contributed by atoms with Crippen LogP contribution < -0.4 is 5.32 Å². The zero-order chi connectivity index (χ0) is 8.69. The summed E-state index contributed by atoms with van der Waals surface area (Å²) in [7, 11) is 0. The van der Waals surface area contributed by atoms with Crippen molar-refractivity contribution in [2.45, 2.75) is 39.2 Å². The van der Waals surface area contributed by atoms with E-state index in [1.807, 2.05) is 13.8 Å². The molecule has 1 unspecified atom stereocenters. The Balaban J connectivity index is 3.36. The average Bonchev–Trinajstić information content (AvgIpc) is 2.00. The van der Waals surface area contributed by atoms with Crippen molar-refractivity contribution in [1.29, 1.82) is 0 Å². The fourth-order valence-electron chi connectivity index (χ4n) is 0.695. The molecule has 1 amide bonds. The van der Waals surface area contributed by atoms with Gasteiger partial charge in [0.25, 0.3) is 0 Å². The lowest BCUT2D eigenvalue weighted by Crippen LogP contribution is -2.27. The predicted octanol–water partition coefficient (Wildman–Crippen LogP) is 0.674. The van der Waals surface area contributed by atoms with Crippen molar-refractivity contribution in [3.63, 3.8) is 0 Å². The summed E-state index contributed by atoms with van der Waals surface area (Å²) < 4.78 is 0. The van der Waals surface area contributed by atoms with Gasteiger partial charge in [-0.1, -0.05) is 13.8 Å². The average molecular weight is 159 g/mol. The van der Waals surface area contributed by atoms with Gasteiger partial charge in [0.2, 0.25) is 5.91 Å². The summed E-state index contributed by atoms with van der Waals surface area (Å²) in [5.74, 6) is -0.0544. The minimum absolute atomic E-state index is 0.0544. The first kappa shape index (κ1) is 10.4. The van der Waals surface area contributed by atoms with Gasteiger partial charge in [-0.3, -0.25) is 4.79 Å². The Morgan fingerprint density at radius 3 is 2.64 bits per heavy atom. The van der Waals surface area contributed by atoms with E-state index in [1.165, 1.54) is 0 Å². The molecule has 1 atom stereocenters. The maximum Gasteiger partial charge on any atom is 0.222 e. The lowest BCUT2D eigenvalue weighted by atomic mass is 10.2. The minimum atomic E-state index is -0.480. The fourth-order valence-corrected chi connectivity index (χ4v) is 0.695. The number of amides is 1. The van der Waals surface area contributed by atoms with Crippen molar-refractivity contribution in [3.05, 3.63) is 0 Å². The quantitative estimate of drug-likeness (QED) is 0.619. The van der Waals surface area contributed by atoms with E-state index in [0.29, 0.717) is 13.0 Å². The highest BCUT2D eigenvalue weighted by molar-refractivity contribution is 5.76. The molecule has 0 radical (unpaired) electrons. The topological polar surface area (TPSA) is 49.3 Å². The first-order valence-electron chi connectivity index (χ1n) is 4.15. The number of rotatable bonds is 5. The Labute approximate surface area is 67.8 Å². The third kappa shape index (κ3) is 5.85. The monoisotopic (exact) mass is 159 g/mol. The van der Waals surface area contributed by atoms with Gasteiger partial charge in [0.15, 0.2) is 0 Å². The molecule has 2 N–H and O–H groups in total. The third-order valence-electron chi connectivity index (χ3n) is 1.46. The van der Waals surface area contributed by atoms with Crippen LogP contribution in [0.1, 0.15) is 33.1 Å². The predicted molar refractivity (Wildman–Crippen MR) is 44.2 cm³/mol. The number of aliphatic hydroxyl groups excluding tert-OH is 1. The van der Waals surface area contributed by atoms with Gasteiger partial charge in [-0.25, -0.2) is 0 Å². The maximum absolute atomic E-state index is 10.9. The molecule has 0 spiro atoms. The lowest BCUT2D eigenvalue weighted by Gasteiger charge is -2.06. The molecule has 3 heteroatoms. The van der Waals surface area contributed by atoms with Gasteiger partial charge < -0.3 is 10.4 Å². The molecule has 3 nitrogen and oxygen atoms in total. The number of carbonyl (C=O) groups excluding carboxylic acids is 1. The maximum atomic E-state index is 10.9. The molecular formula is C8H17NO2. The molecule has 0 aromatic carbocycles. The van der Waals surface area contributed by atoms with Gasteiger partial charge in [-0.15, -0.1) is 0 Å². The molecule has 0 rings (SSSR count). The molecule has 0 bridgehead atoms. The second-order valence-electron chi connectivity index (χ2n) is 2.62.